The Bertz CT molecular complexity index is 1070. The van der Waals surface area contributed by atoms with Crippen LogP contribution in [0.1, 0.15) is 39.6 Å². The van der Waals surface area contributed by atoms with E-state index in [0.29, 0.717) is 17.7 Å². The topological polar surface area (TPSA) is 105 Å². The van der Waals surface area contributed by atoms with Gasteiger partial charge in [0.1, 0.15) is 0 Å². The van der Waals surface area contributed by atoms with Crippen molar-refractivity contribution in [1.82, 2.24) is 20.4 Å². The monoisotopic (exact) mass is 403 g/mol. The van der Waals surface area contributed by atoms with Crippen molar-refractivity contribution in [3.8, 4) is 0 Å². The number of imide groups is 1. The fourth-order valence-corrected chi connectivity index (χ4v) is 3.46. The van der Waals surface area contributed by atoms with E-state index < -0.39 is 6.03 Å². The zero-order valence-corrected chi connectivity index (χ0v) is 16.4. The van der Waals surface area contributed by atoms with Crippen LogP contribution in [-0.2, 0) is 18.3 Å². The molecule has 8 heteroatoms. The van der Waals surface area contributed by atoms with Gasteiger partial charge >= 0.3 is 6.03 Å². The van der Waals surface area contributed by atoms with Gasteiger partial charge in [-0.1, -0.05) is 42.5 Å². The van der Waals surface area contributed by atoms with Gasteiger partial charge < -0.3 is 10.6 Å². The molecule has 1 unspecified atom stereocenters. The third-order valence-electron chi connectivity index (χ3n) is 5.04. The van der Waals surface area contributed by atoms with Crippen LogP contribution in [0.2, 0.25) is 0 Å². The highest BCUT2D eigenvalue weighted by molar-refractivity contribution is 6.05. The number of nitrogens with zero attached hydrogens (tertiary/aromatic N) is 2. The minimum atomic E-state index is -0.504. The van der Waals surface area contributed by atoms with Crippen molar-refractivity contribution in [3.05, 3.63) is 83.2 Å². The Balaban J connectivity index is 1.47. The van der Waals surface area contributed by atoms with Gasteiger partial charge in [0.2, 0.25) is 5.91 Å². The van der Waals surface area contributed by atoms with E-state index in [1.807, 2.05) is 37.4 Å². The Kier molecular flexibility index (Phi) is 5.30. The number of rotatable bonds is 5. The molecule has 2 heterocycles. The molecule has 1 saturated heterocycles. The minimum Gasteiger partial charge on any atom is -0.330 e. The summed E-state index contributed by atoms with van der Waals surface area (Å²) in [6, 6.07) is 16.1. The van der Waals surface area contributed by atoms with Gasteiger partial charge in [0.25, 0.3) is 5.91 Å². The number of aromatic nitrogens is 2. The van der Waals surface area contributed by atoms with Gasteiger partial charge in [0, 0.05) is 19.2 Å². The van der Waals surface area contributed by atoms with Crippen LogP contribution < -0.4 is 16.0 Å². The molecule has 3 aromatic rings. The molecule has 2 aromatic carbocycles. The summed E-state index contributed by atoms with van der Waals surface area (Å²) < 4.78 is 1.71. The van der Waals surface area contributed by atoms with E-state index in [4.69, 9.17) is 0 Å². The second kappa shape index (κ2) is 8.20. The number of carbonyl (C=O) groups excluding carboxylic acids is 3. The zero-order chi connectivity index (χ0) is 21.1. The minimum absolute atomic E-state index is 0.177. The molecule has 4 rings (SSSR count). The van der Waals surface area contributed by atoms with Crippen LogP contribution in [0.5, 0.6) is 0 Å². The highest BCUT2D eigenvalue weighted by atomic mass is 16.2. The van der Waals surface area contributed by atoms with Crippen LogP contribution in [0.25, 0.3) is 0 Å². The van der Waals surface area contributed by atoms with E-state index in [1.165, 1.54) is 0 Å². The van der Waals surface area contributed by atoms with E-state index in [2.05, 4.69) is 21.0 Å². The average molecular weight is 403 g/mol. The third kappa shape index (κ3) is 4.22. The zero-order valence-electron chi connectivity index (χ0n) is 16.4. The van der Waals surface area contributed by atoms with E-state index in [1.54, 1.807) is 35.1 Å². The van der Waals surface area contributed by atoms with E-state index in [-0.39, 0.29) is 24.3 Å². The molecule has 152 valence electrons. The molecule has 0 saturated carbocycles. The lowest BCUT2D eigenvalue weighted by Crippen LogP contribution is -2.48. The first-order valence-corrected chi connectivity index (χ1v) is 9.56. The van der Waals surface area contributed by atoms with Crippen LogP contribution in [0, 0.1) is 0 Å². The first kappa shape index (κ1) is 19.4. The van der Waals surface area contributed by atoms with Crippen molar-refractivity contribution in [2.45, 2.75) is 18.9 Å². The van der Waals surface area contributed by atoms with Gasteiger partial charge in [-0.25, -0.2) is 4.79 Å². The number of carbonyl (C=O) groups is 3. The second-order valence-electron chi connectivity index (χ2n) is 7.15. The smallest absolute Gasteiger partial charge is 0.321 e. The fourth-order valence-electron chi connectivity index (χ4n) is 3.46. The van der Waals surface area contributed by atoms with Crippen molar-refractivity contribution in [3.63, 3.8) is 0 Å². The molecule has 0 spiro atoms. The maximum atomic E-state index is 12.8. The molecular formula is C22H21N5O3. The normalized spacial score (nSPS) is 16.0. The number of amides is 4. The Morgan fingerprint density at radius 1 is 1.13 bits per heavy atom. The van der Waals surface area contributed by atoms with Crippen molar-refractivity contribution in [1.29, 1.82) is 0 Å². The molecule has 0 aliphatic carbocycles. The first-order valence-electron chi connectivity index (χ1n) is 9.56. The average Bonchev–Trinajstić information content (AvgIpc) is 3.09. The highest BCUT2D eigenvalue weighted by Gasteiger charge is 2.25. The Morgan fingerprint density at radius 2 is 1.87 bits per heavy atom. The van der Waals surface area contributed by atoms with Gasteiger partial charge in [-0.2, -0.15) is 5.10 Å². The first-order chi connectivity index (χ1) is 14.5. The summed E-state index contributed by atoms with van der Waals surface area (Å²) in [6.45, 7) is 0. The summed E-state index contributed by atoms with van der Waals surface area (Å²) in [5.74, 6) is -0.559. The van der Waals surface area contributed by atoms with Crippen molar-refractivity contribution in [2.75, 3.05) is 5.32 Å². The Labute approximate surface area is 173 Å². The summed E-state index contributed by atoms with van der Waals surface area (Å²) in [4.78, 5) is 35.9. The Morgan fingerprint density at radius 3 is 2.57 bits per heavy atom. The molecule has 1 atom stereocenters. The number of hydrogen-bond donors (Lipinski definition) is 3. The van der Waals surface area contributed by atoms with Crippen molar-refractivity contribution >= 4 is 23.5 Å². The molecule has 1 fully saturated rings. The summed E-state index contributed by atoms with van der Waals surface area (Å²) >= 11 is 0. The summed E-state index contributed by atoms with van der Waals surface area (Å²) in [7, 11) is 1.82. The largest absolute Gasteiger partial charge is 0.330 e. The molecule has 0 bridgehead atoms. The number of urea groups is 1. The lowest BCUT2D eigenvalue weighted by atomic mass is 10.0. The van der Waals surface area contributed by atoms with Crippen molar-refractivity contribution in [2.24, 2.45) is 7.05 Å². The molecule has 4 amide bonds. The number of nitrogens with one attached hydrogen (secondary N) is 3. The number of aryl methyl sites for hydroxylation is 1. The number of hydrogen-bond acceptors (Lipinski definition) is 4. The molecule has 8 nitrogen and oxygen atoms in total. The van der Waals surface area contributed by atoms with Crippen LogP contribution in [0.3, 0.4) is 0 Å². The molecule has 0 radical (unpaired) electrons. The fraction of sp³-hybridized carbons (Fsp3) is 0.182. The van der Waals surface area contributed by atoms with Crippen molar-refractivity contribution < 1.29 is 14.4 Å². The summed E-state index contributed by atoms with van der Waals surface area (Å²) in [5.41, 5.74) is 3.85. The second-order valence-corrected chi connectivity index (χ2v) is 7.15. The summed E-state index contributed by atoms with van der Waals surface area (Å²) in [5, 5.41) is 12.0. The van der Waals surface area contributed by atoms with Gasteiger partial charge in [-0.15, -0.1) is 0 Å². The predicted molar refractivity (Wildman–Crippen MR) is 111 cm³/mol. The lowest BCUT2D eigenvalue weighted by molar-refractivity contribution is -0.121. The van der Waals surface area contributed by atoms with Gasteiger partial charge in [-0.05, 0) is 23.3 Å². The lowest BCUT2D eigenvalue weighted by Gasteiger charge is -2.23. The van der Waals surface area contributed by atoms with Crippen LogP contribution in [0.15, 0.2) is 60.8 Å². The van der Waals surface area contributed by atoms with Gasteiger partial charge in [-0.3, -0.25) is 19.6 Å². The van der Waals surface area contributed by atoms with E-state index in [0.717, 1.165) is 16.8 Å². The molecule has 1 aliphatic heterocycles. The third-order valence-corrected chi connectivity index (χ3v) is 5.04. The SMILES string of the molecule is Cn1ncc(C(=O)Nc2ccc(C3CC(=O)NC(=O)N3)cc2)c1Cc1ccccc1. The molecular weight excluding hydrogens is 382 g/mol. The standard InChI is InChI=1S/C22H21N5O3/c1-27-19(11-14-5-3-2-4-6-14)17(13-23-27)21(29)24-16-9-7-15(8-10-16)18-12-20(28)26-22(30)25-18/h2-10,13,18H,11-12H2,1H3,(H,24,29)(H2,25,26,28,30). The molecule has 30 heavy (non-hydrogen) atoms. The van der Waals surface area contributed by atoms with Crippen LogP contribution >= 0.6 is 0 Å². The predicted octanol–water partition coefficient (Wildman–Crippen LogP) is 2.53. The number of anilines is 1. The van der Waals surface area contributed by atoms with Gasteiger partial charge in [0.15, 0.2) is 0 Å². The van der Waals surface area contributed by atoms with E-state index in [9.17, 15) is 14.4 Å². The quantitative estimate of drug-likeness (QED) is 0.609. The molecule has 1 aliphatic rings. The highest BCUT2D eigenvalue weighted by Crippen LogP contribution is 2.22. The molecule has 3 N–H and O–H groups in total. The molecule has 1 aromatic heterocycles. The van der Waals surface area contributed by atoms with Gasteiger partial charge in [0.05, 0.1) is 29.9 Å². The number of benzene rings is 2. The van der Waals surface area contributed by atoms with Crippen LogP contribution in [-0.4, -0.2) is 27.6 Å². The van der Waals surface area contributed by atoms with Crippen LogP contribution in [0.4, 0.5) is 10.5 Å². The maximum absolute atomic E-state index is 12.8. The summed E-state index contributed by atoms with van der Waals surface area (Å²) in [6.07, 6.45) is 2.34. The maximum Gasteiger partial charge on any atom is 0.321 e. The Hall–Kier alpha value is -3.94. The van der Waals surface area contributed by atoms with E-state index >= 15 is 0 Å².